The van der Waals surface area contributed by atoms with E-state index in [2.05, 4.69) is 15.6 Å². The van der Waals surface area contributed by atoms with E-state index in [0.717, 1.165) is 23.4 Å². The molecule has 13 heteroatoms. The average molecular weight is 669 g/mol. The van der Waals surface area contributed by atoms with Crippen molar-refractivity contribution < 1.29 is 41.4 Å². The number of benzene rings is 3. The number of alkyl halides is 3. The molecule has 4 aromatic rings. The number of aromatic nitrogens is 1. The van der Waals surface area contributed by atoms with Crippen molar-refractivity contribution in [3.05, 3.63) is 95.4 Å². The smallest absolute Gasteiger partial charge is 0.416 e. The molecule has 1 heterocycles. The summed E-state index contributed by atoms with van der Waals surface area (Å²) < 4.78 is 72.8. The quantitative estimate of drug-likeness (QED) is 0.140. The van der Waals surface area contributed by atoms with E-state index in [9.17, 15) is 22.8 Å². The second kappa shape index (κ2) is 16.1. The Kier molecular flexibility index (Phi) is 12.0. The van der Waals surface area contributed by atoms with Gasteiger partial charge in [-0.2, -0.15) is 13.2 Å². The highest BCUT2D eigenvalue weighted by molar-refractivity contribution is 5.95. The molecule has 0 aliphatic carbocycles. The van der Waals surface area contributed by atoms with Crippen LogP contribution in [-0.2, 0) is 28.8 Å². The number of methoxy groups -OCH3 is 1. The van der Waals surface area contributed by atoms with Gasteiger partial charge in [0, 0.05) is 42.2 Å². The zero-order valence-corrected chi connectivity index (χ0v) is 26.9. The lowest BCUT2D eigenvalue weighted by Crippen LogP contribution is -2.21. The first kappa shape index (κ1) is 35.7. The Labute approximate surface area is 275 Å². The lowest BCUT2D eigenvalue weighted by Gasteiger charge is -2.15. The van der Waals surface area contributed by atoms with E-state index in [-0.39, 0.29) is 30.0 Å². The molecule has 254 valence electrons. The number of hydrogen-bond donors (Lipinski definition) is 2. The van der Waals surface area contributed by atoms with Crippen LogP contribution < -0.4 is 24.8 Å². The van der Waals surface area contributed by atoms with E-state index in [1.807, 2.05) is 24.3 Å². The van der Waals surface area contributed by atoms with Crippen LogP contribution in [0.1, 0.15) is 30.0 Å². The maximum atomic E-state index is 15.3. The lowest BCUT2D eigenvalue weighted by molar-refractivity contribution is -0.137. The van der Waals surface area contributed by atoms with Gasteiger partial charge in [-0.25, -0.2) is 9.37 Å². The molecule has 9 nitrogen and oxygen atoms in total. The normalized spacial score (nSPS) is 11.3. The van der Waals surface area contributed by atoms with Crippen molar-refractivity contribution >= 4 is 23.2 Å². The summed E-state index contributed by atoms with van der Waals surface area (Å²) in [6, 6.07) is 16.0. The lowest BCUT2D eigenvalue weighted by atomic mass is 10.0. The SMILES string of the molecule is CCOc1cc(OCc2ccc(OC)cc2)ncc1-c1ccc(CC(=O)Nc2cc(NC(=O)CCN(C)C)cc(C(F)(F)F)c2)c(F)c1. The highest BCUT2D eigenvalue weighted by Gasteiger charge is 2.31. The third-order valence-electron chi connectivity index (χ3n) is 7.02. The first-order valence-corrected chi connectivity index (χ1v) is 15.0. The number of amides is 2. The first-order valence-electron chi connectivity index (χ1n) is 15.0. The van der Waals surface area contributed by atoms with E-state index < -0.39 is 35.8 Å². The first-order chi connectivity index (χ1) is 22.8. The molecule has 1 aromatic heterocycles. The molecule has 0 atom stereocenters. The molecule has 0 bridgehead atoms. The molecule has 0 unspecified atom stereocenters. The van der Waals surface area contributed by atoms with E-state index in [1.54, 1.807) is 45.2 Å². The van der Waals surface area contributed by atoms with Gasteiger partial charge in [-0.15, -0.1) is 0 Å². The van der Waals surface area contributed by atoms with Gasteiger partial charge in [0.25, 0.3) is 0 Å². The van der Waals surface area contributed by atoms with Gasteiger partial charge in [0.05, 0.1) is 25.7 Å². The number of carbonyl (C=O) groups excluding carboxylic acids is 2. The fraction of sp³-hybridized carbons (Fsp3) is 0.286. The third-order valence-corrected chi connectivity index (χ3v) is 7.02. The molecular weight excluding hydrogens is 632 g/mol. The Bertz CT molecular complexity index is 1730. The second-order valence-corrected chi connectivity index (χ2v) is 11.0. The highest BCUT2D eigenvalue weighted by atomic mass is 19.4. The van der Waals surface area contributed by atoms with Gasteiger partial charge in [-0.05, 0) is 74.1 Å². The Morgan fingerprint density at radius 2 is 1.58 bits per heavy atom. The minimum atomic E-state index is -4.73. The number of nitrogens with one attached hydrogen (secondary N) is 2. The van der Waals surface area contributed by atoms with Crippen molar-refractivity contribution in [3.63, 3.8) is 0 Å². The molecule has 0 aliphatic heterocycles. The highest BCUT2D eigenvalue weighted by Crippen LogP contribution is 2.35. The predicted octanol–water partition coefficient (Wildman–Crippen LogP) is 6.96. The van der Waals surface area contributed by atoms with Crippen molar-refractivity contribution in [2.75, 3.05) is 45.0 Å². The van der Waals surface area contributed by atoms with E-state index in [0.29, 0.717) is 35.9 Å². The minimum Gasteiger partial charge on any atom is -0.497 e. The average Bonchev–Trinajstić information content (AvgIpc) is 3.04. The van der Waals surface area contributed by atoms with Crippen molar-refractivity contribution in [2.24, 2.45) is 0 Å². The fourth-order valence-electron chi connectivity index (χ4n) is 4.59. The van der Waals surface area contributed by atoms with Crippen LogP contribution >= 0.6 is 0 Å². The molecular formula is C35H36F4N4O5. The van der Waals surface area contributed by atoms with E-state index >= 15 is 4.39 Å². The molecule has 0 saturated heterocycles. The van der Waals surface area contributed by atoms with Crippen molar-refractivity contribution in [1.29, 1.82) is 0 Å². The van der Waals surface area contributed by atoms with Crippen LogP contribution in [0.15, 0.2) is 72.9 Å². The number of halogens is 4. The van der Waals surface area contributed by atoms with Crippen LogP contribution in [0.4, 0.5) is 28.9 Å². The summed E-state index contributed by atoms with van der Waals surface area (Å²) >= 11 is 0. The summed E-state index contributed by atoms with van der Waals surface area (Å²) in [6.07, 6.45) is -3.63. The number of hydrogen-bond acceptors (Lipinski definition) is 7. The Balaban J connectivity index is 1.46. The van der Waals surface area contributed by atoms with Crippen LogP contribution in [0, 0.1) is 5.82 Å². The largest absolute Gasteiger partial charge is 0.497 e. The third kappa shape index (κ3) is 10.2. The van der Waals surface area contributed by atoms with Gasteiger partial charge in [0.1, 0.15) is 23.9 Å². The standard InChI is InChI=1S/C35H36F4N4O5/c1-5-47-31-19-34(48-21-22-6-10-28(46-4)11-7-22)40-20-29(31)23-8-9-24(30(36)14-23)15-33(45)42-27-17-25(35(37,38)39)16-26(18-27)41-32(44)12-13-43(2)3/h6-11,14,16-20H,5,12-13,15,21H2,1-4H3,(H,41,44)(H,42,45). The van der Waals surface area contributed by atoms with Crippen LogP contribution in [0.2, 0.25) is 0 Å². The van der Waals surface area contributed by atoms with Gasteiger partial charge in [-0.1, -0.05) is 24.3 Å². The Hall–Kier alpha value is -5.17. The number of pyridine rings is 1. The number of ether oxygens (including phenoxy) is 3. The Morgan fingerprint density at radius 3 is 2.19 bits per heavy atom. The van der Waals surface area contributed by atoms with Crippen LogP contribution in [-0.4, -0.2) is 56.1 Å². The zero-order valence-electron chi connectivity index (χ0n) is 26.9. The minimum absolute atomic E-state index is 0.0193. The van der Waals surface area contributed by atoms with Gasteiger partial charge >= 0.3 is 6.18 Å². The summed E-state index contributed by atoms with van der Waals surface area (Å²) in [7, 11) is 5.10. The molecule has 0 fully saturated rings. The van der Waals surface area contributed by atoms with Crippen LogP contribution in [0.5, 0.6) is 17.4 Å². The van der Waals surface area contributed by atoms with Crippen molar-refractivity contribution in [3.8, 4) is 28.5 Å². The fourth-order valence-corrected chi connectivity index (χ4v) is 4.59. The van der Waals surface area contributed by atoms with Crippen LogP contribution in [0.3, 0.4) is 0 Å². The van der Waals surface area contributed by atoms with Crippen molar-refractivity contribution in [2.45, 2.75) is 32.5 Å². The summed E-state index contributed by atoms with van der Waals surface area (Å²) in [5, 5.41) is 4.82. The van der Waals surface area contributed by atoms with Gasteiger partial charge < -0.3 is 29.7 Å². The number of nitrogens with zero attached hydrogens (tertiary/aromatic N) is 2. The predicted molar refractivity (Wildman–Crippen MR) is 174 cm³/mol. The molecule has 2 N–H and O–H groups in total. The van der Waals surface area contributed by atoms with Crippen LogP contribution in [0.25, 0.3) is 11.1 Å². The summed E-state index contributed by atoms with van der Waals surface area (Å²) in [6.45, 7) is 2.78. The molecule has 0 aliphatic rings. The Morgan fingerprint density at radius 1 is 0.896 bits per heavy atom. The van der Waals surface area contributed by atoms with Crippen molar-refractivity contribution in [1.82, 2.24) is 9.88 Å². The monoisotopic (exact) mass is 668 g/mol. The van der Waals surface area contributed by atoms with E-state index in [1.165, 1.54) is 24.4 Å². The van der Waals surface area contributed by atoms with Gasteiger partial charge in [0.15, 0.2) is 0 Å². The molecule has 0 radical (unpaired) electrons. The topological polar surface area (TPSA) is 102 Å². The number of anilines is 2. The maximum Gasteiger partial charge on any atom is 0.416 e. The molecule has 0 saturated carbocycles. The van der Waals surface area contributed by atoms with E-state index in [4.69, 9.17) is 14.2 Å². The zero-order chi connectivity index (χ0) is 34.8. The summed E-state index contributed by atoms with van der Waals surface area (Å²) in [5.74, 6) is -0.500. The molecule has 0 spiro atoms. The molecule has 48 heavy (non-hydrogen) atoms. The van der Waals surface area contributed by atoms with Gasteiger partial charge in [-0.3, -0.25) is 9.59 Å². The summed E-state index contributed by atoms with van der Waals surface area (Å²) in [5.41, 5.74) is 0.457. The maximum absolute atomic E-state index is 15.3. The van der Waals surface area contributed by atoms with Gasteiger partial charge in [0.2, 0.25) is 17.7 Å². The molecule has 4 rings (SSSR count). The number of carbonyl (C=O) groups is 2. The second-order valence-electron chi connectivity index (χ2n) is 11.0. The molecule has 2 amide bonds. The molecule has 3 aromatic carbocycles. The summed E-state index contributed by atoms with van der Waals surface area (Å²) in [4.78, 5) is 31.2. The number of rotatable bonds is 14.